The van der Waals surface area contributed by atoms with Crippen molar-refractivity contribution in [3.05, 3.63) is 12.2 Å². The van der Waals surface area contributed by atoms with E-state index in [4.69, 9.17) is 0 Å². The molecule has 0 spiro atoms. The predicted molar refractivity (Wildman–Crippen MR) is 181 cm³/mol. The molecule has 0 bridgehead atoms. The Bertz CT molecular complexity index is 430. The molecule has 0 atom stereocenters. The van der Waals surface area contributed by atoms with Crippen LogP contribution in [-0.2, 0) is 0 Å². The number of hydrogen-bond acceptors (Lipinski definition) is 0. The molecule has 0 N–H and O–H groups in total. The van der Waals surface area contributed by atoms with Gasteiger partial charge >= 0.3 is 0 Å². The second-order valence-electron chi connectivity index (χ2n) is 13.3. The van der Waals surface area contributed by atoms with Crippen molar-refractivity contribution in [3.63, 3.8) is 0 Å². The molecule has 0 rings (SSSR count). The highest BCUT2D eigenvalue weighted by atomic mass is 28.3. The molecule has 0 aliphatic heterocycles. The molecule has 0 fully saturated rings. The summed E-state index contributed by atoms with van der Waals surface area (Å²) in [5.41, 5.74) is 0. The summed E-state index contributed by atoms with van der Waals surface area (Å²) in [6.45, 7) is 9.71. The standard InChI is InChI=1S/C37H76Si/c1-5-8-11-14-17-20-23-26-29-32-35-38(4,36-33-30-27-24-21-18-15-12-9-6-2)37-34-31-28-25-22-19-16-13-10-7-3/h29,32H,5-28,30-31,33-37H2,1-4H3/b32-29+. The minimum Gasteiger partial charge on any atom is -0.0912 e. The van der Waals surface area contributed by atoms with Crippen LogP contribution in [0.1, 0.15) is 201 Å². The molecule has 0 radical (unpaired) electrons. The third-order valence-corrected chi connectivity index (χ3v) is 13.4. The van der Waals surface area contributed by atoms with Crippen LogP contribution in [0.15, 0.2) is 12.2 Å². The Balaban J connectivity index is 4.15. The summed E-state index contributed by atoms with van der Waals surface area (Å²) in [5.74, 6) is 0. The van der Waals surface area contributed by atoms with Gasteiger partial charge in [-0.3, -0.25) is 0 Å². The minimum absolute atomic E-state index is 1.11. The lowest BCUT2D eigenvalue weighted by molar-refractivity contribution is 0.559. The summed E-state index contributed by atoms with van der Waals surface area (Å²) in [4.78, 5) is 0. The Morgan fingerprint density at radius 2 is 0.632 bits per heavy atom. The summed E-state index contributed by atoms with van der Waals surface area (Å²) in [6.07, 6.45) is 46.0. The summed E-state index contributed by atoms with van der Waals surface area (Å²) >= 11 is 0. The molecule has 0 heterocycles. The molecule has 228 valence electrons. The minimum atomic E-state index is -1.11. The Morgan fingerprint density at radius 3 is 0.974 bits per heavy atom. The van der Waals surface area contributed by atoms with Gasteiger partial charge in [0.15, 0.2) is 0 Å². The van der Waals surface area contributed by atoms with Crippen LogP contribution in [0.5, 0.6) is 0 Å². The first-order chi connectivity index (χ1) is 18.7. The summed E-state index contributed by atoms with van der Waals surface area (Å²) in [6, 6.07) is 4.63. The average Bonchev–Trinajstić information content (AvgIpc) is 2.92. The SMILES string of the molecule is CCCCCCCCC/C=C/C[Si](C)(CCCCCCCCCCCC)CCCCCCCCCCCC. The molecule has 0 aliphatic rings. The first kappa shape index (κ1) is 38.0. The lowest BCUT2D eigenvalue weighted by Crippen LogP contribution is -2.28. The maximum absolute atomic E-state index is 2.76. The van der Waals surface area contributed by atoms with E-state index in [1.54, 1.807) is 12.1 Å². The van der Waals surface area contributed by atoms with Gasteiger partial charge in [-0.15, -0.1) is 0 Å². The van der Waals surface area contributed by atoms with E-state index in [9.17, 15) is 0 Å². The van der Waals surface area contributed by atoms with Crippen molar-refractivity contribution in [1.82, 2.24) is 0 Å². The van der Waals surface area contributed by atoms with Crippen molar-refractivity contribution in [3.8, 4) is 0 Å². The molecule has 0 saturated carbocycles. The van der Waals surface area contributed by atoms with Gasteiger partial charge in [-0.1, -0.05) is 218 Å². The van der Waals surface area contributed by atoms with Crippen molar-refractivity contribution >= 4 is 8.07 Å². The summed E-state index contributed by atoms with van der Waals surface area (Å²) in [5, 5.41) is 0. The zero-order valence-electron chi connectivity index (χ0n) is 27.6. The first-order valence-corrected chi connectivity index (χ1v) is 21.5. The fraction of sp³-hybridized carbons (Fsp3) is 0.946. The summed E-state index contributed by atoms with van der Waals surface area (Å²) < 4.78 is 0. The average molecular weight is 549 g/mol. The Kier molecular flexibility index (Phi) is 31.4. The van der Waals surface area contributed by atoms with E-state index in [0.717, 1.165) is 0 Å². The van der Waals surface area contributed by atoms with Gasteiger partial charge in [-0.25, -0.2) is 0 Å². The van der Waals surface area contributed by atoms with Crippen LogP contribution in [0.2, 0.25) is 24.7 Å². The first-order valence-electron chi connectivity index (χ1n) is 18.3. The zero-order valence-corrected chi connectivity index (χ0v) is 28.6. The van der Waals surface area contributed by atoms with Crippen molar-refractivity contribution in [2.24, 2.45) is 0 Å². The van der Waals surface area contributed by atoms with Crippen molar-refractivity contribution in [2.75, 3.05) is 0 Å². The second kappa shape index (κ2) is 31.5. The molecule has 0 aromatic carbocycles. The quantitative estimate of drug-likeness (QED) is 0.0445. The van der Waals surface area contributed by atoms with Crippen LogP contribution < -0.4 is 0 Å². The largest absolute Gasteiger partial charge is 0.0912 e. The zero-order chi connectivity index (χ0) is 27.8. The van der Waals surface area contributed by atoms with E-state index in [1.807, 2.05) is 0 Å². The van der Waals surface area contributed by atoms with E-state index < -0.39 is 8.07 Å². The van der Waals surface area contributed by atoms with E-state index in [2.05, 4.69) is 39.5 Å². The molecule has 0 saturated heterocycles. The fourth-order valence-corrected chi connectivity index (χ4v) is 9.71. The number of hydrogen-bond donors (Lipinski definition) is 0. The van der Waals surface area contributed by atoms with E-state index in [1.165, 1.54) is 186 Å². The van der Waals surface area contributed by atoms with Crippen LogP contribution >= 0.6 is 0 Å². The topological polar surface area (TPSA) is 0 Å². The smallest absolute Gasteiger partial charge is 0.0542 e. The van der Waals surface area contributed by atoms with Crippen molar-refractivity contribution in [2.45, 2.75) is 225 Å². The van der Waals surface area contributed by atoms with Gasteiger partial charge < -0.3 is 0 Å². The van der Waals surface area contributed by atoms with Crippen molar-refractivity contribution in [1.29, 1.82) is 0 Å². The van der Waals surface area contributed by atoms with Crippen LogP contribution in [0.4, 0.5) is 0 Å². The molecule has 1 heteroatoms. The predicted octanol–water partition coefficient (Wildman–Crippen LogP) is 14.6. The molecular weight excluding hydrogens is 472 g/mol. The molecule has 0 amide bonds. The fourth-order valence-electron chi connectivity index (χ4n) is 6.11. The van der Waals surface area contributed by atoms with E-state index in [0.29, 0.717) is 0 Å². The molecule has 0 nitrogen and oxygen atoms in total. The highest BCUT2D eigenvalue weighted by Crippen LogP contribution is 2.28. The maximum Gasteiger partial charge on any atom is 0.0542 e. The molecule has 0 aromatic rings. The Labute approximate surface area is 245 Å². The number of unbranched alkanes of at least 4 members (excludes halogenated alkanes) is 25. The highest BCUT2D eigenvalue weighted by molar-refractivity contribution is 6.79. The third kappa shape index (κ3) is 29.0. The summed E-state index contributed by atoms with van der Waals surface area (Å²) in [7, 11) is -1.11. The maximum atomic E-state index is 2.76. The van der Waals surface area contributed by atoms with Gasteiger partial charge in [0.25, 0.3) is 0 Å². The lowest BCUT2D eigenvalue weighted by Gasteiger charge is -2.26. The van der Waals surface area contributed by atoms with Crippen LogP contribution in [0, 0.1) is 0 Å². The number of rotatable bonds is 32. The van der Waals surface area contributed by atoms with Crippen LogP contribution in [-0.4, -0.2) is 8.07 Å². The van der Waals surface area contributed by atoms with Gasteiger partial charge in [0, 0.05) is 0 Å². The van der Waals surface area contributed by atoms with E-state index >= 15 is 0 Å². The van der Waals surface area contributed by atoms with Gasteiger partial charge in [-0.05, 0) is 18.9 Å². The third-order valence-electron chi connectivity index (χ3n) is 9.02. The Hall–Kier alpha value is -0.0431. The van der Waals surface area contributed by atoms with E-state index in [-0.39, 0.29) is 0 Å². The highest BCUT2D eigenvalue weighted by Gasteiger charge is 2.24. The molecule has 38 heavy (non-hydrogen) atoms. The second-order valence-corrected chi connectivity index (χ2v) is 18.3. The van der Waals surface area contributed by atoms with Crippen molar-refractivity contribution < 1.29 is 0 Å². The Morgan fingerprint density at radius 1 is 0.342 bits per heavy atom. The molecule has 0 aliphatic carbocycles. The monoisotopic (exact) mass is 549 g/mol. The number of allylic oxidation sites excluding steroid dienone is 2. The molecular formula is C37H76Si. The normalized spacial score (nSPS) is 12.2. The van der Waals surface area contributed by atoms with Gasteiger partial charge in [0.05, 0.1) is 8.07 Å². The van der Waals surface area contributed by atoms with Crippen LogP contribution in [0.3, 0.4) is 0 Å². The molecule has 0 unspecified atom stereocenters. The van der Waals surface area contributed by atoms with Gasteiger partial charge in [-0.2, -0.15) is 0 Å². The van der Waals surface area contributed by atoms with Crippen LogP contribution in [0.25, 0.3) is 0 Å². The molecule has 0 aromatic heterocycles. The van der Waals surface area contributed by atoms with Gasteiger partial charge in [0.1, 0.15) is 0 Å². The van der Waals surface area contributed by atoms with Gasteiger partial charge in [0.2, 0.25) is 0 Å². The lowest BCUT2D eigenvalue weighted by atomic mass is 10.1.